The van der Waals surface area contributed by atoms with Crippen LogP contribution in [0.2, 0.25) is 0 Å². The molecule has 8 heteroatoms. The Morgan fingerprint density at radius 1 is 1.33 bits per heavy atom. The first-order valence-electron chi connectivity index (χ1n) is 7.62. The molecular formula is C16H19N3O5. The molecule has 1 fully saturated rings. The minimum atomic E-state index is -0.807. The largest absolute Gasteiger partial charge is 0.394 e. The molecule has 128 valence electrons. The molecule has 8 nitrogen and oxygen atoms in total. The quantitative estimate of drug-likeness (QED) is 0.658. The Hall–Kier alpha value is -2.26. The highest BCUT2D eigenvalue weighted by Gasteiger charge is 2.34. The number of nitrogens with zero attached hydrogens (tertiary/aromatic N) is 2. The van der Waals surface area contributed by atoms with Gasteiger partial charge in [-0.3, -0.25) is 9.40 Å². The molecule has 3 N–H and O–H groups in total. The maximum atomic E-state index is 12.1. The fourth-order valence-electron chi connectivity index (χ4n) is 2.51. The van der Waals surface area contributed by atoms with E-state index >= 15 is 0 Å². The SMILES string of the molecule is O=c1nc(NOCc2ccccc2)ccn1[C@H]1C[C@H](O)[C@@H](CO)O1. The van der Waals surface area contributed by atoms with Gasteiger partial charge in [0, 0.05) is 12.6 Å². The minimum absolute atomic E-state index is 0.226. The first-order valence-corrected chi connectivity index (χ1v) is 7.62. The topological polar surface area (TPSA) is 106 Å². The highest BCUT2D eigenvalue weighted by molar-refractivity contribution is 5.28. The summed E-state index contributed by atoms with van der Waals surface area (Å²) in [5, 5.41) is 18.8. The van der Waals surface area contributed by atoms with E-state index in [1.807, 2.05) is 30.3 Å². The Bertz CT molecular complexity index is 721. The van der Waals surface area contributed by atoms with Gasteiger partial charge in [-0.15, -0.1) is 0 Å². The zero-order valence-corrected chi connectivity index (χ0v) is 12.9. The Morgan fingerprint density at radius 3 is 2.79 bits per heavy atom. The molecule has 2 heterocycles. The van der Waals surface area contributed by atoms with Crippen LogP contribution >= 0.6 is 0 Å². The molecule has 2 aromatic rings. The highest BCUT2D eigenvalue weighted by Crippen LogP contribution is 2.27. The van der Waals surface area contributed by atoms with Crippen molar-refractivity contribution in [3.05, 3.63) is 58.6 Å². The molecule has 1 aliphatic rings. The molecular weight excluding hydrogens is 314 g/mol. The average molecular weight is 333 g/mol. The Labute approximate surface area is 138 Å². The first kappa shape index (κ1) is 16.6. The standard InChI is InChI=1S/C16H19N3O5/c20-9-13-12(21)8-15(24-13)19-7-6-14(17-16(19)22)18-23-10-11-4-2-1-3-5-11/h1-7,12-13,15,20-21H,8-10H2,(H,17,18,22)/t12-,13+,15+/m0/s1. The summed E-state index contributed by atoms with van der Waals surface area (Å²) in [6, 6.07) is 11.2. The van der Waals surface area contributed by atoms with Crippen molar-refractivity contribution >= 4 is 5.82 Å². The molecule has 0 saturated carbocycles. The molecule has 0 radical (unpaired) electrons. The van der Waals surface area contributed by atoms with Crippen LogP contribution in [0, 0.1) is 0 Å². The van der Waals surface area contributed by atoms with Crippen LogP contribution in [0.4, 0.5) is 5.82 Å². The fourth-order valence-corrected chi connectivity index (χ4v) is 2.51. The van der Waals surface area contributed by atoms with Gasteiger partial charge in [0.05, 0.1) is 19.3 Å². The predicted octanol–water partition coefficient (Wildman–Crippen LogP) is 0.428. The lowest BCUT2D eigenvalue weighted by molar-refractivity contribution is -0.0458. The van der Waals surface area contributed by atoms with E-state index in [-0.39, 0.29) is 18.8 Å². The molecule has 0 unspecified atom stereocenters. The lowest BCUT2D eigenvalue weighted by Crippen LogP contribution is -2.28. The summed E-state index contributed by atoms with van der Waals surface area (Å²) >= 11 is 0. The van der Waals surface area contributed by atoms with Crippen LogP contribution in [0.1, 0.15) is 18.2 Å². The van der Waals surface area contributed by atoms with Gasteiger partial charge in [0.15, 0.2) is 5.82 Å². The zero-order valence-electron chi connectivity index (χ0n) is 12.9. The van der Waals surface area contributed by atoms with Gasteiger partial charge in [-0.1, -0.05) is 30.3 Å². The van der Waals surface area contributed by atoms with Gasteiger partial charge in [0.25, 0.3) is 0 Å². The number of aromatic nitrogens is 2. The molecule has 0 amide bonds. The van der Waals surface area contributed by atoms with E-state index in [0.717, 1.165) is 5.56 Å². The Morgan fingerprint density at radius 2 is 2.12 bits per heavy atom. The molecule has 1 aromatic heterocycles. The van der Waals surface area contributed by atoms with Gasteiger partial charge in [-0.05, 0) is 11.6 Å². The van der Waals surface area contributed by atoms with Crippen LogP contribution in [-0.2, 0) is 16.2 Å². The third-order valence-corrected chi connectivity index (χ3v) is 3.78. The zero-order chi connectivity index (χ0) is 16.9. The second-order valence-corrected chi connectivity index (χ2v) is 5.49. The number of aliphatic hydroxyl groups is 2. The van der Waals surface area contributed by atoms with Gasteiger partial charge in [-0.2, -0.15) is 4.98 Å². The molecule has 3 rings (SSSR count). The van der Waals surface area contributed by atoms with Gasteiger partial charge in [-0.25, -0.2) is 10.3 Å². The minimum Gasteiger partial charge on any atom is -0.394 e. The second-order valence-electron chi connectivity index (χ2n) is 5.49. The van der Waals surface area contributed by atoms with Gasteiger partial charge >= 0.3 is 5.69 Å². The summed E-state index contributed by atoms with van der Waals surface area (Å²) in [5.74, 6) is 0.282. The van der Waals surface area contributed by atoms with E-state index in [9.17, 15) is 9.90 Å². The van der Waals surface area contributed by atoms with Crippen LogP contribution in [0.5, 0.6) is 0 Å². The lowest BCUT2D eigenvalue weighted by Gasteiger charge is -2.14. The number of rotatable bonds is 6. The van der Waals surface area contributed by atoms with Crippen LogP contribution in [0.25, 0.3) is 0 Å². The number of benzene rings is 1. The number of hydrogen-bond donors (Lipinski definition) is 3. The average Bonchev–Trinajstić information content (AvgIpc) is 2.96. The van der Waals surface area contributed by atoms with Gasteiger partial charge < -0.3 is 14.9 Å². The van der Waals surface area contributed by atoms with Crippen molar-refractivity contribution in [3.63, 3.8) is 0 Å². The van der Waals surface area contributed by atoms with Crippen molar-refractivity contribution in [3.8, 4) is 0 Å². The number of nitrogens with one attached hydrogen (secondary N) is 1. The Balaban J connectivity index is 1.60. The van der Waals surface area contributed by atoms with E-state index in [1.54, 1.807) is 6.07 Å². The van der Waals surface area contributed by atoms with E-state index in [1.165, 1.54) is 10.8 Å². The number of anilines is 1. The molecule has 0 bridgehead atoms. The monoisotopic (exact) mass is 333 g/mol. The van der Waals surface area contributed by atoms with Crippen molar-refractivity contribution in [2.24, 2.45) is 0 Å². The Kier molecular flexibility index (Phi) is 5.21. The normalized spacial score (nSPS) is 23.3. The molecule has 1 saturated heterocycles. The van der Waals surface area contributed by atoms with Crippen molar-refractivity contribution < 1.29 is 19.8 Å². The lowest BCUT2D eigenvalue weighted by atomic mass is 10.2. The maximum absolute atomic E-state index is 12.1. The summed E-state index contributed by atoms with van der Waals surface area (Å²) in [4.78, 5) is 21.3. The van der Waals surface area contributed by atoms with Crippen LogP contribution in [-0.4, -0.2) is 38.6 Å². The van der Waals surface area contributed by atoms with Crippen molar-refractivity contribution in [1.82, 2.24) is 9.55 Å². The third kappa shape index (κ3) is 3.80. The maximum Gasteiger partial charge on any atom is 0.351 e. The van der Waals surface area contributed by atoms with Crippen LogP contribution in [0.15, 0.2) is 47.4 Å². The summed E-state index contributed by atoms with van der Waals surface area (Å²) in [5.41, 5.74) is 3.08. The van der Waals surface area contributed by atoms with E-state index < -0.39 is 24.1 Å². The second kappa shape index (κ2) is 7.54. The van der Waals surface area contributed by atoms with Crippen molar-refractivity contribution in [1.29, 1.82) is 0 Å². The molecule has 0 aliphatic carbocycles. The smallest absolute Gasteiger partial charge is 0.351 e. The van der Waals surface area contributed by atoms with Gasteiger partial charge in [0.1, 0.15) is 12.3 Å². The first-order chi connectivity index (χ1) is 11.7. The summed E-state index contributed by atoms with van der Waals surface area (Å²) < 4.78 is 6.72. The summed E-state index contributed by atoms with van der Waals surface area (Å²) in [7, 11) is 0. The summed E-state index contributed by atoms with van der Waals surface area (Å²) in [6.07, 6.45) is -0.394. The number of hydrogen-bond acceptors (Lipinski definition) is 7. The number of aliphatic hydroxyl groups excluding tert-OH is 2. The molecule has 1 aliphatic heterocycles. The van der Waals surface area contributed by atoms with E-state index in [4.69, 9.17) is 14.7 Å². The highest BCUT2D eigenvalue weighted by atomic mass is 16.6. The van der Waals surface area contributed by atoms with Crippen molar-refractivity contribution in [2.45, 2.75) is 31.5 Å². The number of ether oxygens (including phenoxy) is 1. The fraction of sp³-hybridized carbons (Fsp3) is 0.375. The molecule has 0 spiro atoms. The van der Waals surface area contributed by atoms with E-state index in [2.05, 4.69) is 10.5 Å². The van der Waals surface area contributed by atoms with Crippen molar-refractivity contribution in [2.75, 3.05) is 12.1 Å². The third-order valence-electron chi connectivity index (χ3n) is 3.78. The molecule has 3 atom stereocenters. The van der Waals surface area contributed by atoms with Crippen LogP contribution in [0.3, 0.4) is 0 Å². The molecule has 1 aromatic carbocycles. The van der Waals surface area contributed by atoms with Crippen LogP contribution < -0.4 is 11.2 Å². The predicted molar refractivity (Wildman–Crippen MR) is 85.0 cm³/mol. The molecule has 24 heavy (non-hydrogen) atoms. The summed E-state index contributed by atoms with van der Waals surface area (Å²) in [6.45, 7) is 0.0362. The van der Waals surface area contributed by atoms with E-state index in [0.29, 0.717) is 6.61 Å². The van der Waals surface area contributed by atoms with Gasteiger partial charge in [0.2, 0.25) is 0 Å².